The molecule has 2 aromatic carbocycles. The maximum absolute atomic E-state index is 14.6. The number of esters is 1. The minimum absolute atomic E-state index is 0.0264. The number of nitrogens with one attached hydrogen (secondary N) is 1. The minimum atomic E-state index is -2.15. The molecule has 4 aliphatic heterocycles. The molecule has 0 saturated carbocycles. The van der Waals surface area contributed by atoms with E-state index >= 15 is 0 Å². The summed E-state index contributed by atoms with van der Waals surface area (Å²) in [6, 6.07) is 17.2. The van der Waals surface area contributed by atoms with Crippen LogP contribution in [0.3, 0.4) is 0 Å². The number of hydrogen-bond donors (Lipinski definition) is 1. The SMILES string of the molecule is C=CCOC(=O)N1C[C@H](N2CC/C(=C\C3=C(C(=O)OC(c4ccccc4)c4ccccc4)N4C(=O)[C@@H](NC(=O)OC(C)(C)C)[C@H]4SC3)C2=O)C[C@H]1CO[Si](C)(C)C(C)(C)C. The number of amides is 4. The Morgan fingerprint density at radius 3 is 2.20 bits per heavy atom. The van der Waals surface area contributed by atoms with Crippen molar-refractivity contribution in [2.24, 2.45) is 0 Å². The molecule has 0 aliphatic carbocycles. The number of rotatable bonds is 12. The number of fused-ring (bicyclic) bond motifs is 1. The van der Waals surface area contributed by atoms with Crippen LogP contribution in [0.25, 0.3) is 0 Å². The van der Waals surface area contributed by atoms with Gasteiger partial charge in [0.2, 0.25) is 5.91 Å². The van der Waals surface area contributed by atoms with Crippen LogP contribution in [-0.4, -0.2) is 114 Å². The number of allylic oxidation sites excluding steroid dienone is 1. The normalized spacial score (nSPS) is 22.8. The fraction of sp³-hybridized carbons (Fsp3) is 0.489. The molecule has 4 heterocycles. The van der Waals surface area contributed by atoms with Crippen LogP contribution in [0, 0.1) is 0 Å². The summed E-state index contributed by atoms with van der Waals surface area (Å²) in [5.74, 6) is -1.16. The maximum Gasteiger partial charge on any atom is 0.410 e. The van der Waals surface area contributed by atoms with E-state index < -0.39 is 55.5 Å². The highest BCUT2D eigenvalue weighted by Crippen LogP contribution is 2.43. The van der Waals surface area contributed by atoms with E-state index in [4.69, 9.17) is 18.6 Å². The Hall–Kier alpha value is -4.86. The Morgan fingerprint density at radius 1 is 0.983 bits per heavy atom. The van der Waals surface area contributed by atoms with Gasteiger partial charge in [-0.05, 0) is 74.5 Å². The summed E-state index contributed by atoms with van der Waals surface area (Å²) >= 11 is 1.38. The van der Waals surface area contributed by atoms with Gasteiger partial charge in [-0.1, -0.05) is 94.1 Å². The first kappa shape index (κ1) is 44.7. The molecule has 322 valence electrons. The van der Waals surface area contributed by atoms with Gasteiger partial charge in [-0.15, -0.1) is 11.8 Å². The summed E-state index contributed by atoms with van der Waals surface area (Å²) in [6.07, 6.45) is 2.15. The first-order valence-electron chi connectivity index (χ1n) is 20.5. The highest BCUT2D eigenvalue weighted by Gasteiger charge is 2.55. The lowest BCUT2D eigenvalue weighted by molar-refractivity contribution is -0.153. The number of β-lactam (4-membered cyclic amide) rings is 1. The zero-order chi connectivity index (χ0) is 43.6. The van der Waals surface area contributed by atoms with Crippen molar-refractivity contribution in [2.75, 3.05) is 32.1 Å². The number of hydrogen-bond acceptors (Lipinski definition) is 10. The standard InChI is InChI=1S/C45H58N4O9SSi/c1-10-23-55-43(54)48-26-33(25-34(48)27-56-60(8,9)45(5,6)7)47-22-21-31(38(47)50)24-32-28-59-40-35(46-42(53)58-44(2,3)4)39(51)49(40)36(32)41(52)57-37(29-17-13-11-14-18-29)30-19-15-12-16-20-30/h10-20,24,33-35,37,40H,1,21-23,25-28H2,2-9H3,(H,46,53)/b31-24+/t33-,34+,35-,40-/m1/s1. The zero-order valence-corrected chi connectivity index (χ0v) is 37.7. The van der Waals surface area contributed by atoms with Gasteiger partial charge >= 0.3 is 18.2 Å². The number of nitrogens with zero attached hydrogens (tertiary/aromatic N) is 3. The number of carbonyl (C=O) groups excluding carboxylic acids is 5. The predicted molar refractivity (Wildman–Crippen MR) is 232 cm³/mol. The van der Waals surface area contributed by atoms with Gasteiger partial charge < -0.3 is 33.8 Å². The molecule has 3 fully saturated rings. The number of alkyl carbamates (subject to hydrolysis) is 1. The molecule has 0 bridgehead atoms. The summed E-state index contributed by atoms with van der Waals surface area (Å²) in [7, 11) is -2.15. The highest BCUT2D eigenvalue weighted by atomic mass is 32.2. The number of likely N-dealkylation sites (tertiary alicyclic amines) is 2. The third kappa shape index (κ3) is 9.84. The summed E-state index contributed by atoms with van der Waals surface area (Å²) < 4.78 is 23.8. The van der Waals surface area contributed by atoms with Crippen molar-refractivity contribution in [3.8, 4) is 0 Å². The molecular formula is C45H58N4O9SSi. The molecule has 60 heavy (non-hydrogen) atoms. The van der Waals surface area contributed by atoms with Gasteiger partial charge in [0.1, 0.15) is 29.3 Å². The molecule has 1 N–H and O–H groups in total. The van der Waals surface area contributed by atoms with Crippen LogP contribution < -0.4 is 5.32 Å². The Balaban J connectivity index is 1.29. The van der Waals surface area contributed by atoms with E-state index in [0.717, 1.165) is 11.1 Å². The second kappa shape index (κ2) is 18.0. The zero-order valence-electron chi connectivity index (χ0n) is 35.9. The first-order valence-corrected chi connectivity index (χ1v) is 24.4. The van der Waals surface area contributed by atoms with Crippen LogP contribution >= 0.6 is 11.8 Å². The van der Waals surface area contributed by atoms with Gasteiger partial charge in [0.15, 0.2) is 14.4 Å². The molecule has 4 amide bonds. The van der Waals surface area contributed by atoms with E-state index in [-0.39, 0.29) is 47.6 Å². The van der Waals surface area contributed by atoms with Gasteiger partial charge in [-0.25, -0.2) is 14.4 Å². The largest absolute Gasteiger partial charge is 0.448 e. The predicted octanol–water partition coefficient (Wildman–Crippen LogP) is 7.33. The Kier molecular flexibility index (Phi) is 13.4. The van der Waals surface area contributed by atoms with Crippen LogP contribution in [0.5, 0.6) is 0 Å². The molecule has 0 spiro atoms. The van der Waals surface area contributed by atoms with Gasteiger partial charge in [0, 0.05) is 24.4 Å². The second-order valence-electron chi connectivity index (χ2n) is 18.1. The lowest BCUT2D eigenvalue weighted by Gasteiger charge is -2.49. The molecule has 0 unspecified atom stereocenters. The molecule has 4 aliphatic rings. The van der Waals surface area contributed by atoms with Gasteiger partial charge in [0.25, 0.3) is 5.91 Å². The number of ether oxygens (including phenoxy) is 3. The Bertz CT molecular complexity index is 1990. The van der Waals surface area contributed by atoms with Crippen molar-refractivity contribution in [2.45, 2.75) is 108 Å². The van der Waals surface area contributed by atoms with Crippen molar-refractivity contribution < 1.29 is 42.6 Å². The second-order valence-corrected chi connectivity index (χ2v) is 24.0. The molecule has 13 nitrogen and oxygen atoms in total. The van der Waals surface area contributed by atoms with E-state index in [9.17, 15) is 24.0 Å². The molecule has 2 aromatic rings. The van der Waals surface area contributed by atoms with Crippen LogP contribution in [-0.2, 0) is 33.0 Å². The number of carbonyl (C=O) groups is 5. The molecule has 6 rings (SSSR count). The van der Waals surface area contributed by atoms with E-state index in [0.29, 0.717) is 37.1 Å². The van der Waals surface area contributed by atoms with Crippen LogP contribution in [0.4, 0.5) is 9.59 Å². The monoisotopic (exact) mass is 858 g/mol. The molecule has 4 atom stereocenters. The van der Waals surface area contributed by atoms with Crippen molar-refractivity contribution in [3.63, 3.8) is 0 Å². The van der Waals surface area contributed by atoms with Gasteiger partial charge in [-0.3, -0.25) is 14.5 Å². The Morgan fingerprint density at radius 2 is 1.62 bits per heavy atom. The van der Waals surface area contributed by atoms with Gasteiger partial charge in [0.05, 0.1) is 18.7 Å². The smallest absolute Gasteiger partial charge is 0.410 e. The molecular weight excluding hydrogens is 801 g/mol. The van der Waals surface area contributed by atoms with E-state index in [1.54, 1.807) is 36.6 Å². The molecule has 3 saturated heterocycles. The van der Waals surface area contributed by atoms with Crippen molar-refractivity contribution >= 4 is 50.0 Å². The molecule has 15 heteroatoms. The van der Waals surface area contributed by atoms with Crippen molar-refractivity contribution in [1.82, 2.24) is 20.0 Å². The lowest BCUT2D eigenvalue weighted by Crippen LogP contribution is -2.70. The van der Waals surface area contributed by atoms with E-state index in [1.165, 1.54) is 22.7 Å². The fourth-order valence-corrected chi connectivity index (χ4v) is 9.83. The topological polar surface area (TPSA) is 144 Å². The average Bonchev–Trinajstić information content (AvgIpc) is 3.79. The molecule has 0 radical (unpaired) electrons. The average molecular weight is 859 g/mol. The van der Waals surface area contributed by atoms with Crippen molar-refractivity contribution in [1.29, 1.82) is 0 Å². The van der Waals surface area contributed by atoms with E-state index in [2.05, 4.69) is 45.8 Å². The summed E-state index contributed by atoms with van der Waals surface area (Å²) in [4.78, 5) is 73.6. The lowest BCUT2D eigenvalue weighted by atomic mass is 10.00. The summed E-state index contributed by atoms with van der Waals surface area (Å²) in [6.45, 7) is 20.8. The van der Waals surface area contributed by atoms with Crippen LogP contribution in [0.2, 0.25) is 18.1 Å². The van der Waals surface area contributed by atoms with Crippen molar-refractivity contribution in [3.05, 3.63) is 107 Å². The minimum Gasteiger partial charge on any atom is -0.448 e. The highest BCUT2D eigenvalue weighted by molar-refractivity contribution is 8.00. The van der Waals surface area contributed by atoms with Crippen LogP contribution in [0.15, 0.2) is 96.2 Å². The summed E-state index contributed by atoms with van der Waals surface area (Å²) in [5, 5.41) is 2.05. The van der Waals surface area contributed by atoms with E-state index in [1.807, 2.05) is 60.7 Å². The third-order valence-corrected chi connectivity index (χ3v) is 17.4. The maximum atomic E-state index is 14.6. The fourth-order valence-electron chi connectivity index (χ4n) is 7.48. The first-order chi connectivity index (χ1) is 28.3. The Labute approximate surface area is 358 Å². The quantitative estimate of drug-likeness (QED) is 0.0576. The summed E-state index contributed by atoms with van der Waals surface area (Å²) in [5.41, 5.74) is 1.69. The molecule has 0 aromatic heterocycles. The number of thioether (sulfide) groups is 1. The third-order valence-electron chi connectivity index (χ3n) is 11.6. The van der Waals surface area contributed by atoms with Gasteiger partial charge in [-0.2, -0.15) is 0 Å². The van der Waals surface area contributed by atoms with Crippen LogP contribution in [0.1, 0.15) is 71.6 Å². The number of benzene rings is 2.